The molecule has 124 valence electrons. The summed E-state index contributed by atoms with van der Waals surface area (Å²) in [6.07, 6.45) is 3.55. The normalized spacial score (nSPS) is 11.4. The monoisotopic (exact) mass is 425 g/mol. The summed E-state index contributed by atoms with van der Waals surface area (Å²) in [4.78, 5) is 0.160. The molecule has 1 heterocycles. The Morgan fingerprint density at radius 3 is 2.58 bits per heavy atom. The molecule has 1 N–H and O–H groups in total. The Kier molecular flexibility index (Phi) is 4.93. The van der Waals surface area contributed by atoms with E-state index in [4.69, 9.17) is 11.6 Å². The van der Waals surface area contributed by atoms with E-state index in [9.17, 15) is 8.42 Å². The second-order valence-electron chi connectivity index (χ2n) is 5.12. The van der Waals surface area contributed by atoms with Crippen molar-refractivity contribution in [1.82, 2.24) is 9.78 Å². The van der Waals surface area contributed by atoms with Gasteiger partial charge in [0.15, 0.2) is 0 Å². The van der Waals surface area contributed by atoms with Crippen LogP contribution in [0.4, 0.5) is 5.69 Å². The van der Waals surface area contributed by atoms with Crippen LogP contribution in [0, 0.1) is 0 Å². The molecule has 0 fully saturated rings. The van der Waals surface area contributed by atoms with Gasteiger partial charge < -0.3 is 0 Å². The van der Waals surface area contributed by atoms with Crippen LogP contribution < -0.4 is 4.72 Å². The molecule has 0 unspecified atom stereocenters. The van der Waals surface area contributed by atoms with Crippen molar-refractivity contribution in [3.05, 3.63) is 76.0 Å². The van der Waals surface area contributed by atoms with Crippen molar-refractivity contribution in [2.45, 2.75) is 11.4 Å². The minimum Gasteiger partial charge on any atom is -0.280 e. The van der Waals surface area contributed by atoms with Crippen molar-refractivity contribution in [3.8, 4) is 0 Å². The Labute approximate surface area is 153 Å². The first-order chi connectivity index (χ1) is 11.4. The van der Waals surface area contributed by atoms with Crippen molar-refractivity contribution < 1.29 is 8.42 Å². The molecule has 0 aliphatic heterocycles. The van der Waals surface area contributed by atoms with Gasteiger partial charge in [0, 0.05) is 16.9 Å². The number of aromatic nitrogens is 2. The van der Waals surface area contributed by atoms with Gasteiger partial charge in [-0.15, -0.1) is 0 Å². The highest BCUT2D eigenvalue weighted by Gasteiger charge is 2.14. The maximum Gasteiger partial charge on any atom is 0.261 e. The van der Waals surface area contributed by atoms with Gasteiger partial charge in [0.1, 0.15) is 0 Å². The average molecular weight is 427 g/mol. The first-order valence-corrected chi connectivity index (χ1v) is 9.63. The second-order valence-corrected chi connectivity index (χ2v) is 8.15. The number of hydrogen-bond acceptors (Lipinski definition) is 3. The number of rotatable bonds is 5. The first-order valence-electron chi connectivity index (χ1n) is 6.98. The van der Waals surface area contributed by atoms with Crippen molar-refractivity contribution in [2.24, 2.45) is 0 Å². The van der Waals surface area contributed by atoms with Gasteiger partial charge in [0.05, 0.1) is 22.1 Å². The van der Waals surface area contributed by atoms with Crippen LogP contribution in [0.15, 0.2) is 70.3 Å². The maximum atomic E-state index is 12.4. The third-order valence-electron chi connectivity index (χ3n) is 3.25. The van der Waals surface area contributed by atoms with Gasteiger partial charge in [-0.3, -0.25) is 9.40 Å². The Morgan fingerprint density at radius 2 is 1.92 bits per heavy atom. The molecule has 0 amide bonds. The topological polar surface area (TPSA) is 64.0 Å². The summed E-state index contributed by atoms with van der Waals surface area (Å²) in [6, 6.07) is 13.2. The maximum absolute atomic E-state index is 12.4. The average Bonchev–Trinajstić information content (AvgIpc) is 2.92. The van der Waals surface area contributed by atoms with Crippen LogP contribution in [-0.4, -0.2) is 18.2 Å². The predicted octanol–water partition coefficient (Wildman–Crippen LogP) is 4.15. The van der Waals surface area contributed by atoms with E-state index in [-0.39, 0.29) is 4.90 Å². The number of anilines is 1. The lowest BCUT2D eigenvalue weighted by atomic mass is 10.2. The molecule has 3 aromatic rings. The first kappa shape index (κ1) is 17.0. The molecule has 8 heteroatoms. The molecule has 3 rings (SSSR count). The van der Waals surface area contributed by atoms with E-state index in [1.165, 1.54) is 12.1 Å². The van der Waals surface area contributed by atoms with Crippen LogP contribution >= 0.6 is 27.5 Å². The lowest BCUT2D eigenvalue weighted by molar-refractivity contribution is 0.601. The van der Waals surface area contributed by atoms with Gasteiger partial charge >= 0.3 is 0 Å². The summed E-state index contributed by atoms with van der Waals surface area (Å²) < 4.78 is 30.0. The number of nitrogens with one attached hydrogen (secondary N) is 1. The van der Waals surface area contributed by atoms with Gasteiger partial charge in [-0.05, 0) is 57.9 Å². The molecule has 0 saturated heterocycles. The molecule has 0 radical (unpaired) electrons. The predicted molar refractivity (Wildman–Crippen MR) is 97.7 cm³/mol. The number of hydrogen-bond donors (Lipinski definition) is 1. The number of nitrogens with zero attached hydrogens (tertiary/aromatic N) is 2. The Balaban J connectivity index is 1.80. The zero-order chi connectivity index (χ0) is 17.2. The number of benzene rings is 2. The van der Waals surface area contributed by atoms with Crippen LogP contribution in [0.1, 0.15) is 5.56 Å². The minimum absolute atomic E-state index is 0.160. The summed E-state index contributed by atoms with van der Waals surface area (Å²) >= 11 is 9.14. The molecule has 5 nitrogen and oxygen atoms in total. The standard InChI is InChI=1S/C16H13BrClN3O2S/c17-13-9-19-21(11-13)10-12-2-1-3-15(8-12)20-24(22,23)16-6-4-14(18)5-7-16/h1-9,11,20H,10H2. The smallest absolute Gasteiger partial charge is 0.261 e. The molecule has 0 saturated carbocycles. The molecule has 1 aromatic heterocycles. The Hall–Kier alpha value is -1.83. The van der Waals surface area contributed by atoms with Gasteiger partial charge in [-0.2, -0.15) is 5.10 Å². The van der Waals surface area contributed by atoms with Crippen molar-refractivity contribution >= 4 is 43.2 Å². The Morgan fingerprint density at radius 1 is 1.17 bits per heavy atom. The van der Waals surface area contributed by atoms with E-state index < -0.39 is 10.0 Å². The van der Waals surface area contributed by atoms with E-state index in [0.29, 0.717) is 17.3 Å². The quantitative estimate of drug-likeness (QED) is 0.666. The lowest BCUT2D eigenvalue weighted by Crippen LogP contribution is -2.13. The highest BCUT2D eigenvalue weighted by Crippen LogP contribution is 2.19. The fourth-order valence-electron chi connectivity index (χ4n) is 2.17. The molecule has 0 bridgehead atoms. The Bertz CT molecular complexity index is 955. The molecule has 0 spiro atoms. The molecular formula is C16H13BrClN3O2S. The third kappa shape index (κ3) is 4.17. The SMILES string of the molecule is O=S(=O)(Nc1cccc(Cn2cc(Br)cn2)c1)c1ccc(Cl)cc1. The van der Waals surface area contributed by atoms with Crippen molar-refractivity contribution in [2.75, 3.05) is 4.72 Å². The van der Waals surface area contributed by atoms with E-state index >= 15 is 0 Å². The summed E-state index contributed by atoms with van der Waals surface area (Å²) in [7, 11) is -3.65. The minimum atomic E-state index is -3.65. The van der Waals surface area contributed by atoms with Gasteiger partial charge in [0.2, 0.25) is 0 Å². The van der Waals surface area contributed by atoms with E-state index in [1.807, 2.05) is 12.3 Å². The number of sulfonamides is 1. The summed E-state index contributed by atoms with van der Waals surface area (Å²) in [6.45, 7) is 0.544. The zero-order valence-electron chi connectivity index (χ0n) is 12.4. The van der Waals surface area contributed by atoms with Crippen molar-refractivity contribution in [3.63, 3.8) is 0 Å². The second kappa shape index (κ2) is 6.96. The lowest BCUT2D eigenvalue weighted by Gasteiger charge is -2.10. The highest BCUT2D eigenvalue weighted by atomic mass is 79.9. The molecular weight excluding hydrogens is 414 g/mol. The van der Waals surface area contributed by atoms with Gasteiger partial charge in [-0.25, -0.2) is 8.42 Å². The molecule has 0 atom stereocenters. The summed E-state index contributed by atoms with van der Waals surface area (Å²) in [5, 5.41) is 4.68. The number of halogens is 2. The molecule has 2 aromatic carbocycles. The van der Waals surface area contributed by atoms with Crippen LogP contribution in [0.3, 0.4) is 0 Å². The fraction of sp³-hybridized carbons (Fsp3) is 0.0625. The highest BCUT2D eigenvalue weighted by molar-refractivity contribution is 9.10. The molecule has 0 aliphatic carbocycles. The largest absolute Gasteiger partial charge is 0.280 e. The van der Waals surface area contributed by atoms with Crippen LogP contribution in [0.2, 0.25) is 5.02 Å². The van der Waals surface area contributed by atoms with Crippen LogP contribution in [0.5, 0.6) is 0 Å². The molecule has 24 heavy (non-hydrogen) atoms. The third-order valence-corrected chi connectivity index (χ3v) is 5.31. The zero-order valence-corrected chi connectivity index (χ0v) is 15.5. The van der Waals surface area contributed by atoms with E-state index in [0.717, 1.165) is 10.0 Å². The van der Waals surface area contributed by atoms with E-state index in [2.05, 4.69) is 25.8 Å². The van der Waals surface area contributed by atoms with Gasteiger partial charge in [0.25, 0.3) is 10.0 Å². The van der Waals surface area contributed by atoms with Crippen LogP contribution in [-0.2, 0) is 16.6 Å². The molecule has 0 aliphatic rings. The van der Waals surface area contributed by atoms with Gasteiger partial charge in [-0.1, -0.05) is 23.7 Å². The summed E-state index contributed by atoms with van der Waals surface area (Å²) in [5.41, 5.74) is 1.43. The van der Waals surface area contributed by atoms with Crippen molar-refractivity contribution in [1.29, 1.82) is 0 Å². The van der Waals surface area contributed by atoms with Crippen LogP contribution in [0.25, 0.3) is 0 Å². The van der Waals surface area contributed by atoms with E-state index in [1.54, 1.807) is 41.2 Å². The fourth-order valence-corrected chi connectivity index (χ4v) is 3.68. The summed E-state index contributed by atoms with van der Waals surface area (Å²) in [5.74, 6) is 0.